The van der Waals surface area contributed by atoms with Gasteiger partial charge in [-0.1, -0.05) is 44.2 Å². The maximum atomic E-state index is 14.4. The first-order valence-electron chi connectivity index (χ1n) is 25.7. The number of benzene rings is 1. The van der Waals surface area contributed by atoms with E-state index in [2.05, 4.69) is 53.2 Å². The Morgan fingerprint density at radius 3 is 1.62 bits per heavy atom. The molecule has 0 saturated carbocycles. The number of hydrogen-bond acceptors (Lipinski definition) is 17. The van der Waals surface area contributed by atoms with Crippen molar-refractivity contribution in [3.8, 4) is 0 Å². The fraction of sp³-hybridized carbons (Fsp3) is 0.673. The number of aliphatic hydroxyl groups is 2. The fourth-order valence-corrected chi connectivity index (χ4v) is 7.86. The predicted molar refractivity (Wildman–Crippen MR) is 280 cm³/mol. The van der Waals surface area contributed by atoms with Crippen LogP contribution in [0.15, 0.2) is 30.3 Å². The summed E-state index contributed by atoms with van der Waals surface area (Å²) in [6.07, 6.45) is -4.02. The zero-order valence-electron chi connectivity index (χ0n) is 44.6. The highest BCUT2D eigenvalue weighted by atomic mass is 16.3. The van der Waals surface area contributed by atoms with Gasteiger partial charge in [0.2, 0.25) is 59.1 Å². The summed E-state index contributed by atoms with van der Waals surface area (Å²) in [4.78, 5) is 139. The highest BCUT2D eigenvalue weighted by Crippen LogP contribution is 2.12. The molecule has 0 aliphatic carbocycles. The summed E-state index contributed by atoms with van der Waals surface area (Å²) < 4.78 is 0. The molecular weight excluding hydrogens is 991 g/mol. The second-order valence-corrected chi connectivity index (χ2v) is 20.1. The lowest BCUT2D eigenvalue weighted by Gasteiger charge is -2.28. The van der Waals surface area contributed by atoms with Crippen LogP contribution in [0.4, 0.5) is 0 Å². The summed E-state index contributed by atoms with van der Waals surface area (Å²) in [6, 6.07) is -4.62. The number of hydrogen-bond donors (Lipinski definition) is 17. The van der Waals surface area contributed by atoms with Gasteiger partial charge in [0.05, 0.1) is 12.2 Å². The minimum Gasteiger partial charge on any atom is -0.391 e. The van der Waals surface area contributed by atoms with Crippen molar-refractivity contribution in [1.29, 1.82) is 0 Å². The molecule has 0 radical (unpaired) electrons. The molecule has 10 amide bonds. The monoisotopic (exact) mass is 1080 g/mol. The number of amides is 10. The number of nitrogens with one attached hydrogen (secondary N) is 10. The Labute approximate surface area is 444 Å². The SMILES string of the molecule is CC(C)C[C@@H]1NC(=O)[C@@H](Cc2ccccc2)NC(=O)[C@H](CCN)NC(=O)[C@@H](NC(=O)[C@H](CCN)NC(=O)[C@@H](NC(=O)CCC(C)(C)N)C(C)O)CCNC(=O)C(C(C)O)NC(=O)[C@H](CCN)NC(=O)[C@H](CCN)NC1=O. The van der Waals surface area contributed by atoms with Crippen molar-refractivity contribution in [3.63, 3.8) is 0 Å². The third-order valence-electron chi connectivity index (χ3n) is 12.1. The highest BCUT2D eigenvalue weighted by Gasteiger charge is 2.37. The largest absolute Gasteiger partial charge is 0.391 e. The van der Waals surface area contributed by atoms with Crippen LogP contribution in [-0.2, 0) is 54.4 Å². The number of nitrogens with two attached hydrogens (primary N) is 5. The van der Waals surface area contributed by atoms with E-state index in [0.29, 0.717) is 5.56 Å². The summed E-state index contributed by atoms with van der Waals surface area (Å²) in [5.41, 5.74) is 29.3. The molecule has 1 saturated heterocycles. The molecule has 11 atom stereocenters. The third-order valence-corrected chi connectivity index (χ3v) is 12.1. The maximum Gasteiger partial charge on any atom is 0.245 e. The summed E-state index contributed by atoms with van der Waals surface area (Å²) in [7, 11) is 0. The molecule has 76 heavy (non-hydrogen) atoms. The van der Waals surface area contributed by atoms with Crippen molar-refractivity contribution in [3.05, 3.63) is 35.9 Å². The van der Waals surface area contributed by atoms with Crippen molar-refractivity contribution < 1.29 is 58.2 Å². The zero-order chi connectivity index (χ0) is 57.3. The van der Waals surface area contributed by atoms with Crippen molar-refractivity contribution >= 4 is 59.1 Å². The Hall–Kier alpha value is -6.36. The van der Waals surface area contributed by atoms with Gasteiger partial charge in [0.15, 0.2) is 0 Å². The smallest absolute Gasteiger partial charge is 0.245 e. The molecule has 27 nitrogen and oxygen atoms in total. The van der Waals surface area contributed by atoms with Crippen molar-refractivity contribution in [2.45, 2.75) is 171 Å². The second kappa shape index (κ2) is 32.9. The van der Waals surface area contributed by atoms with Crippen molar-refractivity contribution in [1.82, 2.24) is 53.2 Å². The minimum atomic E-state index is -1.66. The number of carbonyl (C=O) groups is 10. The lowest BCUT2D eigenvalue weighted by Crippen LogP contribution is -2.61. The van der Waals surface area contributed by atoms with E-state index in [1.165, 1.54) is 13.8 Å². The summed E-state index contributed by atoms with van der Waals surface area (Å²) >= 11 is 0. The van der Waals surface area contributed by atoms with Gasteiger partial charge in [0.25, 0.3) is 0 Å². The fourth-order valence-electron chi connectivity index (χ4n) is 7.86. The van der Waals surface area contributed by atoms with Gasteiger partial charge in [-0.25, -0.2) is 0 Å². The predicted octanol–water partition coefficient (Wildman–Crippen LogP) is -6.17. The average molecular weight is 1080 g/mol. The van der Waals surface area contributed by atoms with Crippen LogP contribution in [0.5, 0.6) is 0 Å². The van der Waals surface area contributed by atoms with Crippen LogP contribution in [0, 0.1) is 5.92 Å². The van der Waals surface area contributed by atoms with E-state index in [9.17, 15) is 58.2 Å². The molecule has 1 aliphatic heterocycles. The molecule has 1 heterocycles. The van der Waals surface area contributed by atoms with E-state index in [4.69, 9.17) is 28.7 Å². The molecule has 1 aromatic rings. The van der Waals surface area contributed by atoms with Gasteiger partial charge in [-0.05, 0) is 110 Å². The first-order chi connectivity index (χ1) is 35.7. The van der Waals surface area contributed by atoms with Crippen molar-refractivity contribution in [2.24, 2.45) is 34.6 Å². The Bertz CT molecular complexity index is 2090. The molecule has 1 fully saturated rings. The summed E-state index contributed by atoms with van der Waals surface area (Å²) in [5, 5.41) is 46.7. The summed E-state index contributed by atoms with van der Waals surface area (Å²) in [6.45, 7) is 8.42. The molecule has 0 bridgehead atoms. The van der Waals surface area contributed by atoms with Crippen LogP contribution in [0.3, 0.4) is 0 Å². The quantitative estimate of drug-likeness (QED) is 0.0514. The van der Waals surface area contributed by atoms with E-state index in [1.807, 2.05) is 0 Å². The van der Waals surface area contributed by atoms with Crippen LogP contribution >= 0.6 is 0 Å². The Kier molecular flexibility index (Phi) is 28.5. The Morgan fingerprint density at radius 2 is 1.13 bits per heavy atom. The molecule has 0 aromatic heterocycles. The molecule has 3 unspecified atom stereocenters. The first-order valence-corrected chi connectivity index (χ1v) is 25.7. The van der Waals surface area contributed by atoms with Crippen LogP contribution in [0.25, 0.3) is 0 Å². The Morgan fingerprint density at radius 1 is 0.645 bits per heavy atom. The van der Waals surface area contributed by atoms with E-state index in [-0.39, 0.29) is 83.5 Å². The molecule has 1 aliphatic rings. The Balaban J connectivity index is 2.73. The zero-order valence-corrected chi connectivity index (χ0v) is 44.6. The molecule has 1 aromatic carbocycles. The number of rotatable bonds is 22. The van der Waals surface area contributed by atoms with E-state index >= 15 is 0 Å². The highest BCUT2D eigenvalue weighted by molar-refractivity contribution is 5.99. The van der Waals surface area contributed by atoms with E-state index < -0.39 is 144 Å². The van der Waals surface area contributed by atoms with Crippen molar-refractivity contribution in [2.75, 3.05) is 32.7 Å². The van der Waals surface area contributed by atoms with Gasteiger partial charge >= 0.3 is 0 Å². The van der Waals surface area contributed by atoms with Crippen LogP contribution in [0.1, 0.15) is 98.5 Å². The van der Waals surface area contributed by atoms with Gasteiger partial charge < -0.3 is 92.0 Å². The van der Waals surface area contributed by atoms with Crippen LogP contribution in [-0.4, -0.2) is 174 Å². The normalized spacial score (nSPS) is 23.7. The topological polar surface area (TPSA) is 462 Å². The molecule has 22 N–H and O–H groups in total. The molecular formula is C49H85N15O12. The lowest BCUT2D eigenvalue weighted by molar-refractivity contribution is -0.136. The molecule has 2 rings (SSSR count). The van der Waals surface area contributed by atoms with Gasteiger partial charge in [0.1, 0.15) is 54.4 Å². The number of carbonyl (C=O) groups excluding carboxylic acids is 10. The second-order valence-electron chi connectivity index (χ2n) is 20.1. The number of aliphatic hydroxyl groups excluding tert-OH is 2. The first kappa shape index (κ1) is 65.8. The molecule has 27 heteroatoms. The lowest BCUT2D eigenvalue weighted by atomic mass is 9.99. The molecule has 428 valence electrons. The van der Waals surface area contributed by atoms with Gasteiger partial charge in [0, 0.05) is 24.9 Å². The van der Waals surface area contributed by atoms with Gasteiger partial charge in [-0.2, -0.15) is 0 Å². The molecule has 0 spiro atoms. The summed E-state index contributed by atoms with van der Waals surface area (Å²) in [5.74, 6) is -9.04. The minimum absolute atomic E-state index is 0.0574. The van der Waals surface area contributed by atoms with Gasteiger partial charge in [-0.3, -0.25) is 47.9 Å². The maximum absolute atomic E-state index is 14.4. The van der Waals surface area contributed by atoms with Crippen LogP contribution < -0.4 is 81.8 Å². The van der Waals surface area contributed by atoms with E-state index in [1.54, 1.807) is 58.0 Å². The van der Waals surface area contributed by atoms with Crippen LogP contribution in [0.2, 0.25) is 0 Å². The van der Waals surface area contributed by atoms with E-state index in [0.717, 1.165) is 0 Å². The van der Waals surface area contributed by atoms with Gasteiger partial charge in [-0.15, -0.1) is 0 Å². The average Bonchev–Trinajstić information content (AvgIpc) is 3.34. The third kappa shape index (κ3) is 23.3. The standard InChI is InChI=1S/C49H85N15O12/c1-26(2)24-35-45(73)58-30(13-19-50)40(68)57-33(16-22-53)44(72)64-38(27(3)65)47(75)55-23-17-34(43(71)56-31(14-20-51)42(70)62-36(46(74)61-35)25-29-10-8-7-9-11-29)59-41(69)32(15-21-52)60-48(76)39(28(4)66)63-37(67)12-18-49(5,6)54/h7-11,26-28,30-36,38-39,65-66H,12-25,50-54H2,1-6H3,(H,55,75)(H,56,71)(H,57,68)(H,58,73)(H,59,69)(H,60,76)(H,61,74)(H,62,70)(H,63,67)(H,64,72)/t27?,28?,30-,31-,32-,33-,34-,35-,36+,38?,39-/m0/s1.